The van der Waals surface area contributed by atoms with E-state index in [-0.39, 0.29) is 35.4 Å². The quantitative estimate of drug-likeness (QED) is 0.411. The molecule has 182 valence electrons. The van der Waals surface area contributed by atoms with Gasteiger partial charge in [-0.2, -0.15) is 0 Å². The lowest BCUT2D eigenvalue weighted by Gasteiger charge is -2.26. The van der Waals surface area contributed by atoms with Gasteiger partial charge in [0.2, 0.25) is 15.0 Å². The molecule has 0 spiro atoms. The lowest BCUT2D eigenvalue weighted by Crippen LogP contribution is -2.37. The fourth-order valence-electron chi connectivity index (χ4n) is 4.19. The topological polar surface area (TPSA) is 81.5 Å². The van der Waals surface area contributed by atoms with Crippen LogP contribution in [0.1, 0.15) is 47.6 Å². The molecular formula is C25H31N3O4S2. The standard InChI is InChI=1S/C25H31N3O4S2/c1-19(2)15-28-21(14-26-25(28)34(30,31)18-20-8-4-3-5-9-20)16-27(17-22-10-6-12-32-22)24(29)23-11-7-13-33-23/h3-5,7-9,11,13-14,19,22H,6,10,12,15-18H2,1-2H3/t22-/m0/s1. The Morgan fingerprint density at radius 1 is 1.24 bits per heavy atom. The zero-order valence-electron chi connectivity index (χ0n) is 19.6. The van der Waals surface area contributed by atoms with Crippen molar-refractivity contribution in [2.45, 2.75) is 56.8 Å². The number of benzene rings is 1. The molecule has 1 aliphatic heterocycles. The van der Waals surface area contributed by atoms with Crippen molar-refractivity contribution in [3.05, 3.63) is 70.2 Å². The Morgan fingerprint density at radius 3 is 2.68 bits per heavy atom. The molecule has 34 heavy (non-hydrogen) atoms. The molecular weight excluding hydrogens is 470 g/mol. The van der Waals surface area contributed by atoms with Crippen LogP contribution < -0.4 is 0 Å². The van der Waals surface area contributed by atoms with Gasteiger partial charge in [-0.3, -0.25) is 4.79 Å². The van der Waals surface area contributed by atoms with E-state index in [0.29, 0.717) is 30.3 Å². The van der Waals surface area contributed by atoms with Gasteiger partial charge in [0.25, 0.3) is 5.91 Å². The molecule has 2 aromatic heterocycles. The molecule has 0 aliphatic carbocycles. The van der Waals surface area contributed by atoms with Crippen LogP contribution in [0, 0.1) is 5.92 Å². The molecule has 1 aliphatic rings. The molecule has 0 saturated carbocycles. The molecule has 0 N–H and O–H groups in total. The van der Waals surface area contributed by atoms with E-state index in [1.165, 1.54) is 11.3 Å². The van der Waals surface area contributed by atoms with E-state index in [1.807, 2.05) is 49.6 Å². The summed E-state index contributed by atoms with van der Waals surface area (Å²) in [6.45, 7) is 6.03. The van der Waals surface area contributed by atoms with E-state index in [9.17, 15) is 13.2 Å². The van der Waals surface area contributed by atoms with E-state index >= 15 is 0 Å². The number of hydrogen-bond donors (Lipinski definition) is 0. The summed E-state index contributed by atoms with van der Waals surface area (Å²) in [7, 11) is -3.66. The van der Waals surface area contributed by atoms with Crippen LogP contribution in [0.4, 0.5) is 0 Å². The highest BCUT2D eigenvalue weighted by atomic mass is 32.2. The normalized spacial score (nSPS) is 16.3. The van der Waals surface area contributed by atoms with E-state index in [2.05, 4.69) is 4.98 Å². The lowest BCUT2D eigenvalue weighted by molar-refractivity contribution is 0.0504. The van der Waals surface area contributed by atoms with Gasteiger partial charge in [0, 0.05) is 19.7 Å². The second-order valence-electron chi connectivity index (χ2n) is 9.08. The van der Waals surface area contributed by atoms with Crippen molar-refractivity contribution in [3.63, 3.8) is 0 Å². The first-order chi connectivity index (χ1) is 16.3. The number of carbonyl (C=O) groups is 1. The molecule has 7 nitrogen and oxygen atoms in total. The summed E-state index contributed by atoms with van der Waals surface area (Å²) >= 11 is 1.40. The van der Waals surface area contributed by atoms with Crippen molar-refractivity contribution >= 4 is 27.1 Å². The highest BCUT2D eigenvalue weighted by Gasteiger charge is 2.28. The van der Waals surface area contributed by atoms with Crippen molar-refractivity contribution in [2.24, 2.45) is 5.92 Å². The molecule has 3 heterocycles. The largest absolute Gasteiger partial charge is 0.376 e. The first-order valence-electron chi connectivity index (χ1n) is 11.6. The summed E-state index contributed by atoms with van der Waals surface area (Å²) in [4.78, 5) is 20.1. The highest BCUT2D eigenvalue weighted by Crippen LogP contribution is 2.23. The molecule has 0 radical (unpaired) electrons. The Hall–Kier alpha value is -2.49. The third kappa shape index (κ3) is 5.95. The summed E-state index contributed by atoms with van der Waals surface area (Å²) < 4.78 is 34.2. The van der Waals surface area contributed by atoms with Crippen LogP contribution in [0.2, 0.25) is 0 Å². The zero-order chi connectivity index (χ0) is 24.1. The van der Waals surface area contributed by atoms with Crippen LogP contribution >= 0.6 is 11.3 Å². The summed E-state index contributed by atoms with van der Waals surface area (Å²) in [6, 6.07) is 12.8. The maximum Gasteiger partial charge on any atom is 0.264 e. The van der Waals surface area contributed by atoms with E-state index in [0.717, 1.165) is 18.4 Å². The maximum atomic E-state index is 13.3. The SMILES string of the molecule is CC(C)Cn1c(CN(C[C@@H]2CCCO2)C(=O)c2cccs2)cnc1S(=O)(=O)Cc1ccccc1. The molecule has 1 aromatic carbocycles. The fraction of sp³-hybridized carbons (Fsp3) is 0.440. The first kappa shape index (κ1) is 24.6. The molecule has 1 atom stereocenters. The Labute approximate surface area is 205 Å². The van der Waals surface area contributed by atoms with E-state index in [1.54, 1.807) is 27.8 Å². The molecule has 3 aromatic rings. The molecule has 9 heteroatoms. The smallest absolute Gasteiger partial charge is 0.264 e. The third-order valence-corrected chi connectivity index (χ3v) is 8.20. The summed E-state index contributed by atoms with van der Waals surface area (Å²) in [5.74, 6) is 0.0191. The monoisotopic (exact) mass is 501 g/mol. The molecule has 1 amide bonds. The predicted molar refractivity (Wildman–Crippen MR) is 132 cm³/mol. The Morgan fingerprint density at radius 2 is 2.03 bits per heavy atom. The molecule has 0 unspecified atom stereocenters. The van der Waals surface area contributed by atoms with Crippen molar-refractivity contribution in [2.75, 3.05) is 13.2 Å². The van der Waals surface area contributed by atoms with Gasteiger partial charge < -0.3 is 14.2 Å². The van der Waals surface area contributed by atoms with Crippen LogP contribution in [0.25, 0.3) is 0 Å². The van der Waals surface area contributed by atoms with Gasteiger partial charge in [0.05, 0.1) is 35.2 Å². The van der Waals surface area contributed by atoms with Gasteiger partial charge in [-0.1, -0.05) is 50.2 Å². The Balaban J connectivity index is 1.64. The Bertz CT molecular complexity index is 1180. The van der Waals surface area contributed by atoms with Crippen molar-refractivity contribution in [1.29, 1.82) is 0 Å². The number of hydrogen-bond acceptors (Lipinski definition) is 6. The van der Waals surface area contributed by atoms with Crippen molar-refractivity contribution in [1.82, 2.24) is 14.5 Å². The van der Waals surface area contributed by atoms with Crippen LogP contribution in [-0.2, 0) is 33.4 Å². The number of aromatic nitrogens is 2. The fourth-order valence-corrected chi connectivity index (χ4v) is 6.38. The highest BCUT2D eigenvalue weighted by molar-refractivity contribution is 7.90. The van der Waals surface area contributed by atoms with Crippen LogP contribution in [0.3, 0.4) is 0 Å². The minimum Gasteiger partial charge on any atom is -0.376 e. The minimum atomic E-state index is -3.66. The first-order valence-corrected chi connectivity index (χ1v) is 14.1. The number of nitrogens with zero attached hydrogens (tertiary/aromatic N) is 3. The second kappa shape index (κ2) is 10.8. The second-order valence-corrected chi connectivity index (χ2v) is 11.9. The zero-order valence-corrected chi connectivity index (χ0v) is 21.2. The summed E-state index contributed by atoms with van der Waals surface area (Å²) in [5.41, 5.74) is 1.43. The van der Waals surface area contributed by atoms with Gasteiger partial charge >= 0.3 is 0 Å². The van der Waals surface area contributed by atoms with Crippen LogP contribution in [-0.4, -0.2) is 48.0 Å². The number of amides is 1. The maximum absolute atomic E-state index is 13.3. The number of imidazole rings is 1. The van der Waals surface area contributed by atoms with E-state index < -0.39 is 9.84 Å². The number of rotatable bonds is 10. The molecule has 1 saturated heterocycles. The van der Waals surface area contributed by atoms with Gasteiger partial charge in [0.1, 0.15) is 0 Å². The van der Waals surface area contributed by atoms with Gasteiger partial charge in [-0.05, 0) is 35.8 Å². The van der Waals surface area contributed by atoms with Gasteiger partial charge in [-0.25, -0.2) is 13.4 Å². The summed E-state index contributed by atoms with van der Waals surface area (Å²) in [6.07, 6.45) is 3.49. The summed E-state index contributed by atoms with van der Waals surface area (Å²) in [5, 5.41) is 1.94. The number of sulfone groups is 1. The van der Waals surface area contributed by atoms with Crippen molar-refractivity contribution in [3.8, 4) is 0 Å². The van der Waals surface area contributed by atoms with Crippen LogP contribution in [0.5, 0.6) is 0 Å². The molecule has 0 bridgehead atoms. The third-order valence-electron chi connectivity index (χ3n) is 5.75. The number of ether oxygens (including phenoxy) is 1. The average molecular weight is 502 g/mol. The van der Waals surface area contributed by atoms with Gasteiger partial charge in [0.15, 0.2) is 0 Å². The molecule has 1 fully saturated rings. The Kier molecular flexibility index (Phi) is 7.85. The van der Waals surface area contributed by atoms with E-state index in [4.69, 9.17) is 4.74 Å². The van der Waals surface area contributed by atoms with Gasteiger partial charge in [-0.15, -0.1) is 11.3 Å². The van der Waals surface area contributed by atoms with Crippen LogP contribution in [0.15, 0.2) is 59.2 Å². The predicted octanol–water partition coefficient (Wildman–Crippen LogP) is 4.40. The average Bonchev–Trinajstić information content (AvgIpc) is 3.56. The lowest BCUT2D eigenvalue weighted by atomic mass is 10.2. The number of thiophene rings is 1. The molecule has 4 rings (SSSR count). The number of carbonyl (C=O) groups excluding carboxylic acids is 1. The van der Waals surface area contributed by atoms with Crippen molar-refractivity contribution < 1.29 is 17.9 Å². The minimum absolute atomic E-state index is 0.00772.